The molecule has 0 saturated heterocycles. The molecular formula is C56H36N3O+. The molecule has 10 aromatic rings. The molecule has 1 aromatic heterocycles. The number of benzene rings is 9. The van der Waals surface area contributed by atoms with E-state index < -0.39 is 0 Å². The summed E-state index contributed by atoms with van der Waals surface area (Å²) in [5, 5.41) is 4.82. The molecule has 1 atom stereocenters. The second-order valence-corrected chi connectivity index (χ2v) is 15.9. The fourth-order valence-corrected chi connectivity index (χ4v) is 9.94. The minimum Gasteiger partial charge on any atom is -0.466 e. The zero-order valence-electron chi connectivity index (χ0n) is 32.5. The molecule has 0 amide bonds. The first-order chi connectivity index (χ1) is 29.8. The molecule has 1 unspecified atom stereocenters. The molecule has 13 rings (SSSR count). The third-order valence-electron chi connectivity index (χ3n) is 12.6. The van der Waals surface area contributed by atoms with Crippen LogP contribution in [0.2, 0.25) is 0 Å². The smallest absolute Gasteiger partial charge is 0.256 e. The molecule has 0 radical (unpaired) electrons. The van der Waals surface area contributed by atoms with Gasteiger partial charge in [-0.2, -0.15) is 4.58 Å². The molecular weight excluding hydrogens is 731 g/mol. The van der Waals surface area contributed by atoms with Gasteiger partial charge in [-0.15, -0.1) is 0 Å². The van der Waals surface area contributed by atoms with E-state index in [1.165, 1.54) is 54.8 Å². The van der Waals surface area contributed by atoms with Crippen molar-refractivity contribution < 1.29 is 4.74 Å². The Morgan fingerprint density at radius 2 is 1.17 bits per heavy atom. The highest BCUT2D eigenvalue weighted by molar-refractivity contribution is 6.14. The summed E-state index contributed by atoms with van der Waals surface area (Å²) in [6.45, 7) is 0. The molecule has 3 heterocycles. The minimum absolute atomic E-state index is 0.339. The van der Waals surface area contributed by atoms with Crippen LogP contribution in [-0.4, -0.2) is 10.3 Å². The molecule has 1 aliphatic carbocycles. The van der Waals surface area contributed by atoms with Crippen molar-refractivity contribution in [3.8, 4) is 33.7 Å². The van der Waals surface area contributed by atoms with Gasteiger partial charge >= 0.3 is 0 Å². The summed E-state index contributed by atoms with van der Waals surface area (Å²) < 4.78 is 12.3. The summed E-state index contributed by atoms with van der Waals surface area (Å²) in [4.78, 5) is 2.43. The predicted octanol–water partition coefficient (Wildman–Crippen LogP) is 14.5. The highest BCUT2D eigenvalue weighted by atomic mass is 16.5. The van der Waals surface area contributed by atoms with Crippen LogP contribution in [0.15, 0.2) is 206 Å². The molecule has 0 spiro atoms. The molecule has 4 nitrogen and oxygen atoms in total. The van der Waals surface area contributed by atoms with Crippen LogP contribution < -0.4 is 14.2 Å². The van der Waals surface area contributed by atoms with E-state index in [0.717, 1.165) is 56.7 Å². The maximum absolute atomic E-state index is 7.53. The van der Waals surface area contributed by atoms with Crippen molar-refractivity contribution in [2.24, 2.45) is 0 Å². The largest absolute Gasteiger partial charge is 0.466 e. The summed E-state index contributed by atoms with van der Waals surface area (Å²) >= 11 is 0. The van der Waals surface area contributed by atoms with Gasteiger partial charge in [0, 0.05) is 57.5 Å². The lowest BCUT2D eigenvalue weighted by molar-refractivity contribution is 0.266. The van der Waals surface area contributed by atoms with Gasteiger partial charge in [-0.25, -0.2) is 0 Å². The fraction of sp³-hybridized carbons (Fsp3) is 0.0179. The third kappa shape index (κ3) is 4.82. The Balaban J connectivity index is 1.17. The van der Waals surface area contributed by atoms with E-state index >= 15 is 0 Å². The number of rotatable bonds is 4. The highest BCUT2D eigenvalue weighted by Crippen LogP contribution is 2.56. The van der Waals surface area contributed by atoms with Crippen molar-refractivity contribution in [2.75, 3.05) is 4.90 Å². The Morgan fingerprint density at radius 1 is 0.467 bits per heavy atom. The second-order valence-electron chi connectivity index (χ2n) is 15.9. The van der Waals surface area contributed by atoms with E-state index in [1.54, 1.807) is 0 Å². The van der Waals surface area contributed by atoms with Gasteiger partial charge in [0.15, 0.2) is 0 Å². The van der Waals surface area contributed by atoms with Gasteiger partial charge in [-0.05, 0) is 99.8 Å². The molecule has 4 heteroatoms. The average molecular weight is 767 g/mol. The molecule has 2 aliphatic heterocycles. The van der Waals surface area contributed by atoms with E-state index in [1.807, 2.05) is 0 Å². The van der Waals surface area contributed by atoms with Crippen LogP contribution >= 0.6 is 0 Å². The maximum atomic E-state index is 7.53. The lowest BCUT2D eigenvalue weighted by Crippen LogP contribution is -2.33. The predicted molar refractivity (Wildman–Crippen MR) is 249 cm³/mol. The molecule has 9 aromatic carbocycles. The summed E-state index contributed by atoms with van der Waals surface area (Å²) in [5.74, 6) is 0.846. The van der Waals surface area contributed by atoms with Gasteiger partial charge in [0.2, 0.25) is 23.3 Å². The summed E-state index contributed by atoms with van der Waals surface area (Å²) in [7, 11) is 0. The molecule has 280 valence electrons. The van der Waals surface area contributed by atoms with Gasteiger partial charge < -0.3 is 14.2 Å². The molecule has 0 fully saturated rings. The van der Waals surface area contributed by atoms with E-state index in [0.29, 0.717) is 0 Å². The van der Waals surface area contributed by atoms with Gasteiger partial charge in [0.1, 0.15) is 0 Å². The summed E-state index contributed by atoms with van der Waals surface area (Å²) in [5.41, 5.74) is 16.8. The number of hydrogen-bond acceptors (Lipinski definition) is 2. The Kier molecular flexibility index (Phi) is 7.04. The first kappa shape index (κ1) is 33.1. The van der Waals surface area contributed by atoms with Crippen molar-refractivity contribution >= 4 is 72.8 Å². The first-order valence-electron chi connectivity index (χ1n) is 20.6. The Morgan fingerprint density at radius 3 is 1.98 bits per heavy atom. The van der Waals surface area contributed by atoms with Crippen LogP contribution in [0.5, 0.6) is 5.75 Å². The quantitative estimate of drug-likeness (QED) is 0.166. The van der Waals surface area contributed by atoms with Crippen molar-refractivity contribution in [3.63, 3.8) is 0 Å². The van der Waals surface area contributed by atoms with Crippen LogP contribution in [0, 0.1) is 0 Å². The Bertz CT molecular complexity index is 3450. The van der Waals surface area contributed by atoms with E-state index in [-0.39, 0.29) is 6.10 Å². The van der Waals surface area contributed by atoms with E-state index in [4.69, 9.17) is 4.74 Å². The number of aromatic nitrogens is 1. The summed E-state index contributed by atoms with van der Waals surface area (Å²) in [6.07, 6.45) is 4.19. The van der Waals surface area contributed by atoms with Crippen molar-refractivity contribution in [1.82, 2.24) is 9.14 Å². The van der Waals surface area contributed by atoms with Crippen LogP contribution in [-0.2, 0) is 0 Å². The van der Waals surface area contributed by atoms with Crippen LogP contribution in [0.25, 0.3) is 66.6 Å². The fourth-order valence-electron chi connectivity index (χ4n) is 9.94. The zero-order valence-corrected chi connectivity index (χ0v) is 32.5. The Labute approximate surface area is 347 Å². The van der Waals surface area contributed by atoms with E-state index in [2.05, 4.69) is 226 Å². The molecule has 60 heavy (non-hydrogen) atoms. The summed E-state index contributed by atoms with van der Waals surface area (Å²) in [6, 6.07) is 72.8. The lowest BCUT2D eigenvalue weighted by atomic mass is 9.84. The number of hydrogen-bond donors (Lipinski definition) is 0. The number of ether oxygens (including phenoxy) is 1. The lowest BCUT2D eigenvalue weighted by Gasteiger charge is -2.32. The van der Waals surface area contributed by atoms with Crippen LogP contribution in [0.3, 0.4) is 0 Å². The van der Waals surface area contributed by atoms with Gasteiger partial charge in [0.05, 0.1) is 22.4 Å². The molecule has 6 bridgehead atoms. The normalized spacial score (nSPS) is 14.8. The Hall–Kier alpha value is -7.95. The number of para-hydroxylation sites is 4. The SMILES string of the molecule is C1=Cc2cccc3c2C2Oc4c(cc(-c5ccc6c(c5)c5ccccc5n6-c5ccccc5)cc4[N+](c4ccccc4)=C12)N(c1ccccc1)c1cc2ccccc2cc1-3. The minimum atomic E-state index is -0.339. The van der Waals surface area contributed by atoms with Crippen molar-refractivity contribution in [1.29, 1.82) is 0 Å². The molecule has 0 N–H and O–H groups in total. The zero-order chi connectivity index (χ0) is 39.3. The van der Waals surface area contributed by atoms with Crippen molar-refractivity contribution in [2.45, 2.75) is 6.10 Å². The highest BCUT2D eigenvalue weighted by Gasteiger charge is 2.44. The monoisotopic (exact) mass is 766 g/mol. The first-order valence-corrected chi connectivity index (χ1v) is 20.6. The van der Waals surface area contributed by atoms with Crippen LogP contribution in [0.4, 0.5) is 28.4 Å². The number of fused-ring (bicyclic) bond motifs is 6. The number of nitrogens with zero attached hydrogens (tertiary/aromatic N) is 3. The average Bonchev–Trinajstić information content (AvgIpc) is 3.66. The van der Waals surface area contributed by atoms with Crippen LogP contribution in [0.1, 0.15) is 17.2 Å². The van der Waals surface area contributed by atoms with Gasteiger partial charge in [0.25, 0.3) is 5.69 Å². The molecule has 0 saturated carbocycles. The van der Waals surface area contributed by atoms with Crippen molar-refractivity contribution in [3.05, 3.63) is 217 Å². The second kappa shape index (κ2) is 12.8. The topological polar surface area (TPSA) is 20.4 Å². The van der Waals surface area contributed by atoms with Gasteiger partial charge in [-0.3, -0.25) is 0 Å². The molecule has 3 aliphatic rings. The standard InChI is InChI=1S/C56H36N3O/c1-4-18-41(19-5-1)57-48-26-13-12-24-44(48)46-32-39(28-29-49(46)57)40-34-52-55-53(35-40)59(43-22-8-3-9-23-43)51-33-38-16-11-10-15-37(38)31-47(51)45-25-14-17-36-27-30-50(56(60-55)54(36)45)58(52)42-20-6-2-7-21-42/h1-35,56H/q+1. The van der Waals surface area contributed by atoms with Gasteiger partial charge in [-0.1, -0.05) is 121 Å². The third-order valence-corrected chi connectivity index (χ3v) is 12.6. The maximum Gasteiger partial charge on any atom is 0.256 e. The number of anilines is 3. The van der Waals surface area contributed by atoms with E-state index in [9.17, 15) is 0 Å².